The average molecular weight is 329 g/mol. The van der Waals surface area contributed by atoms with E-state index in [1.165, 1.54) is 12.8 Å². The molecule has 0 amide bonds. The van der Waals surface area contributed by atoms with Crippen molar-refractivity contribution in [1.29, 1.82) is 0 Å². The van der Waals surface area contributed by atoms with Gasteiger partial charge in [0.1, 0.15) is 0 Å². The highest BCUT2D eigenvalue weighted by Gasteiger charge is 2.69. The third-order valence-electron chi connectivity index (χ3n) is 5.36. The number of rotatable bonds is 4. The molecule has 1 aliphatic carbocycles. The van der Waals surface area contributed by atoms with Gasteiger partial charge in [0, 0.05) is 30.4 Å². The zero-order valence-electron chi connectivity index (χ0n) is 14.2. The smallest absolute Gasteiger partial charge is 0.332 e. The molecule has 1 spiro atoms. The maximum atomic E-state index is 12.0. The predicted molar refractivity (Wildman–Crippen MR) is 87.9 cm³/mol. The summed E-state index contributed by atoms with van der Waals surface area (Å²) in [5, 5.41) is 0. The molecule has 2 saturated heterocycles. The second-order valence-electron chi connectivity index (χ2n) is 6.56. The number of nitrogens with zero attached hydrogens (tertiary/aromatic N) is 1. The highest BCUT2D eigenvalue weighted by Crippen LogP contribution is 2.57. The number of esters is 1. The van der Waals surface area contributed by atoms with Gasteiger partial charge in [-0.1, -0.05) is 12.3 Å². The van der Waals surface area contributed by atoms with Crippen molar-refractivity contribution in [1.82, 2.24) is 4.90 Å². The number of ether oxygens (including phenoxy) is 3. The summed E-state index contributed by atoms with van der Waals surface area (Å²) >= 11 is 0. The van der Waals surface area contributed by atoms with E-state index in [4.69, 9.17) is 14.2 Å². The summed E-state index contributed by atoms with van der Waals surface area (Å²) in [6.45, 7) is 6.00. The van der Waals surface area contributed by atoms with Gasteiger partial charge in [-0.05, 0) is 45.2 Å². The van der Waals surface area contributed by atoms with E-state index in [0.29, 0.717) is 19.3 Å². The molecular weight excluding hydrogens is 306 g/mol. The number of fused-ring (bicyclic) bond motifs is 2. The summed E-state index contributed by atoms with van der Waals surface area (Å²) in [4.78, 5) is 14.4. The second-order valence-corrected chi connectivity index (χ2v) is 6.56. The molecule has 0 aromatic rings. The molecule has 4 aliphatic rings. The van der Waals surface area contributed by atoms with Crippen molar-refractivity contribution in [2.24, 2.45) is 0 Å². The van der Waals surface area contributed by atoms with Crippen molar-refractivity contribution in [3.63, 3.8) is 0 Å². The van der Waals surface area contributed by atoms with Crippen LogP contribution in [0.3, 0.4) is 0 Å². The van der Waals surface area contributed by atoms with Crippen molar-refractivity contribution < 1.29 is 19.0 Å². The Morgan fingerprint density at radius 3 is 2.92 bits per heavy atom. The van der Waals surface area contributed by atoms with E-state index in [9.17, 15) is 4.79 Å². The lowest BCUT2D eigenvalue weighted by atomic mass is 9.70. The van der Waals surface area contributed by atoms with Gasteiger partial charge in [0.25, 0.3) is 0 Å². The van der Waals surface area contributed by atoms with Gasteiger partial charge in [0.15, 0.2) is 5.60 Å². The average Bonchev–Trinajstić information content (AvgIpc) is 3.05. The van der Waals surface area contributed by atoms with E-state index in [2.05, 4.69) is 22.8 Å². The minimum absolute atomic E-state index is 0.141. The lowest BCUT2D eigenvalue weighted by Crippen LogP contribution is -2.76. The molecule has 0 N–H and O–H groups in total. The number of carbonyl (C=O) groups excluding carboxylic acids is 1. The maximum absolute atomic E-state index is 12.0. The Hall–Kier alpha value is -1.61. The molecule has 3 atom stereocenters. The van der Waals surface area contributed by atoms with Gasteiger partial charge in [0.2, 0.25) is 6.29 Å². The monoisotopic (exact) mass is 329 g/mol. The first-order valence-electron chi connectivity index (χ1n) is 8.88. The summed E-state index contributed by atoms with van der Waals surface area (Å²) in [6.07, 6.45) is 6.73. The fourth-order valence-electron chi connectivity index (χ4n) is 4.49. The van der Waals surface area contributed by atoms with Crippen molar-refractivity contribution >= 4 is 5.97 Å². The molecular formula is C19H23NO4. The Morgan fingerprint density at radius 1 is 1.38 bits per heavy atom. The minimum atomic E-state index is -0.531. The van der Waals surface area contributed by atoms with Crippen molar-refractivity contribution in [2.45, 2.75) is 57.1 Å². The summed E-state index contributed by atoms with van der Waals surface area (Å²) in [5.74, 6) is 5.99. The van der Waals surface area contributed by atoms with Crippen LogP contribution in [0, 0.1) is 11.8 Å². The molecule has 2 fully saturated rings. The molecule has 3 aliphatic heterocycles. The molecule has 128 valence electrons. The Labute approximate surface area is 142 Å². The molecule has 1 unspecified atom stereocenters. The van der Waals surface area contributed by atoms with Crippen LogP contribution in [-0.4, -0.2) is 54.6 Å². The number of piperidine rings is 1. The predicted octanol–water partition coefficient (Wildman–Crippen LogP) is 1.79. The van der Waals surface area contributed by atoms with Gasteiger partial charge in [-0.15, -0.1) is 0 Å². The highest BCUT2D eigenvalue weighted by molar-refractivity contribution is 5.91. The summed E-state index contributed by atoms with van der Waals surface area (Å²) in [7, 11) is 0. The van der Waals surface area contributed by atoms with Crippen LogP contribution in [-0.2, 0) is 19.0 Å². The van der Waals surface area contributed by atoms with E-state index >= 15 is 0 Å². The molecule has 0 aromatic heterocycles. The lowest BCUT2D eigenvalue weighted by Gasteiger charge is -2.60. The molecule has 4 rings (SSSR count). The number of hydrogen-bond acceptors (Lipinski definition) is 5. The summed E-state index contributed by atoms with van der Waals surface area (Å²) in [5.41, 5.74) is 1.37. The third-order valence-corrected chi connectivity index (χ3v) is 5.36. The van der Waals surface area contributed by atoms with Gasteiger partial charge in [-0.3, -0.25) is 4.90 Å². The van der Waals surface area contributed by atoms with Crippen molar-refractivity contribution in [3.05, 3.63) is 23.3 Å². The molecule has 24 heavy (non-hydrogen) atoms. The topological polar surface area (TPSA) is 48.0 Å². The van der Waals surface area contributed by atoms with E-state index in [1.807, 2.05) is 13.8 Å². The fraction of sp³-hybridized carbons (Fsp3) is 0.632. The SMILES string of the molecule is CCOC(C#CC1=C[C@H]2N3CCCC[C@@H]3C23OC(=O)C=C13)OCC. The minimum Gasteiger partial charge on any atom is -0.447 e. The van der Waals surface area contributed by atoms with Crippen LogP contribution in [0.2, 0.25) is 0 Å². The van der Waals surface area contributed by atoms with Gasteiger partial charge in [0.05, 0.1) is 12.1 Å². The largest absolute Gasteiger partial charge is 0.447 e. The van der Waals surface area contributed by atoms with Crippen LogP contribution < -0.4 is 0 Å². The highest BCUT2D eigenvalue weighted by atomic mass is 16.7. The van der Waals surface area contributed by atoms with E-state index in [0.717, 1.165) is 24.1 Å². The van der Waals surface area contributed by atoms with Gasteiger partial charge in [-0.2, -0.15) is 0 Å². The van der Waals surface area contributed by atoms with E-state index < -0.39 is 11.9 Å². The summed E-state index contributed by atoms with van der Waals surface area (Å²) < 4.78 is 16.8. The number of carbonyl (C=O) groups is 1. The first kappa shape index (κ1) is 15.9. The lowest BCUT2D eigenvalue weighted by molar-refractivity contribution is -0.194. The van der Waals surface area contributed by atoms with Crippen molar-refractivity contribution in [3.8, 4) is 11.8 Å². The Balaban J connectivity index is 1.62. The fourth-order valence-corrected chi connectivity index (χ4v) is 4.49. The van der Waals surface area contributed by atoms with Crippen LogP contribution in [0.25, 0.3) is 0 Å². The van der Waals surface area contributed by atoms with Crippen molar-refractivity contribution in [2.75, 3.05) is 19.8 Å². The quantitative estimate of drug-likeness (QED) is 0.447. The third kappa shape index (κ3) is 2.17. The number of hydrogen-bond donors (Lipinski definition) is 0. The van der Waals surface area contributed by atoms with Crippen LogP contribution in [0.4, 0.5) is 0 Å². The van der Waals surface area contributed by atoms with Crippen LogP contribution in [0.15, 0.2) is 23.3 Å². The molecule has 5 heteroatoms. The van der Waals surface area contributed by atoms with Crippen LogP contribution >= 0.6 is 0 Å². The first-order chi connectivity index (χ1) is 11.7. The van der Waals surface area contributed by atoms with Crippen LogP contribution in [0.1, 0.15) is 33.1 Å². The molecule has 0 bridgehead atoms. The van der Waals surface area contributed by atoms with E-state index in [1.54, 1.807) is 6.08 Å². The zero-order chi connectivity index (χ0) is 16.7. The van der Waals surface area contributed by atoms with E-state index in [-0.39, 0.29) is 12.0 Å². The Bertz CT molecular complexity index is 665. The molecule has 0 radical (unpaired) electrons. The zero-order valence-corrected chi connectivity index (χ0v) is 14.2. The Morgan fingerprint density at radius 2 is 2.17 bits per heavy atom. The van der Waals surface area contributed by atoms with Gasteiger partial charge in [-0.25, -0.2) is 4.79 Å². The molecule has 3 heterocycles. The van der Waals surface area contributed by atoms with Gasteiger partial charge < -0.3 is 14.2 Å². The Kier molecular flexibility index (Phi) is 4.00. The second kappa shape index (κ2) is 6.03. The van der Waals surface area contributed by atoms with Crippen LogP contribution in [0.5, 0.6) is 0 Å². The normalized spacial score (nSPS) is 33.5. The van der Waals surface area contributed by atoms with Gasteiger partial charge >= 0.3 is 5.97 Å². The summed E-state index contributed by atoms with van der Waals surface area (Å²) in [6, 6.07) is 0.446. The molecule has 0 aromatic carbocycles. The molecule has 5 nitrogen and oxygen atoms in total. The standard InChI is InChI=1S/C19H23NO4/c1-3-22-18(23-4-2)9-8-13-11-16-19(14(13)12-17(21)24-19)15-7-5-6-10-20(15)16/h11-12,15-16,18H,3-7,10H2,1-2H3/t15-,16-,19?/m1/s1. The first-order valence-corrected chi connectivity index (χ1v) is 8.88. The molecule has 0 saturated carbocycles. The maximum Gasteiger partial charge on any atom is 0.332 e.